The van der Waals surface area contributed by atoms with E-state index in [2.05, 4.69) is 5.32 Å². The number of nitrogens with one attached hydrogen (secondary N) is 1. The average molecular weight is 500 g/mol. The van der Waals surface area contributed by atoms with E-state index in [1.165, 1.54) is 42.1 Å². The first-order chi connectivity index (χ1) is 16.9. The van der Waals surface area contributed by atoms with E-state index in [9.17, 15) is 27.9 Å². The number of rotatable bonds is 6. The van der Waals surface area contributed by atoms with Gasteiger partial charge in [-0.05, 0) is 44.5 Å². The fourth-order valence-electron chi connectivity index (χ4n) is 3.75. The Balaban J connectivity index is 2.00. The summed E-state index contributed by atoms with van der Waals surface area (Å²) in [7, 11) is 1.47. The number of fused-ring (bicyclic) bond motifs is 1. The van der Waals surface area contributed by atoms with Crippen molar-refractivity contribution in [2.45, 2.75) is 26.4 Å². The molecule has 0 aliphatic heterocycles. The molecule has 4 aromatic rings. The van der Waals surface area contributed by atoms with Crippen molar-refractivity contribution >= 4 is 16.9 Å². The fraction of sp³-hybridized carbons (Fsp3) is 0.231. The topological polar surface area (TPSA) is 93.7 Å². The molecule has 2 heterocycles. The van der Waals surface area contributed by atoms with Gasteiger partial charge < -0.3 is 24.1 Å². The molecule has 0 spiro atoms. The number of aromatic nitrogens is 1. The van der Waals surface area contributed by atoms with Gasteiger partial charge in [0.2, 0.25) is 5.58 Å². The normalized spacial score (nSPS) is 11.7. The summed E-state index contributed by atoms with van der Waals surface area (Å²) in [5.74, 6) is -5.12. The lowest BCUT2D eigenvalue weighted by Crippen LogP contribution is -2.22. The first kappa shape index (κ1) is 25.1. The molecular weight excluding hydrogens is 477 g/mol. The molecule has 10 heteroatoms. The van der Waals surface area contributed by atoms with Crippen molar-refractivity contribution < 1.29 is 32.2 Å². The third-order valence-electron chi connectivity index (χ3n) is 5.57. The van der Waals surface area contributed by atoms with Crippen LogP contribution in [0.25, 0.3) is 22.1 Å². The van der Waals surface area contributed by atoms with Crippen LogP contribution in [0.15, 0.2) is 51.8 Å². The zero-order chi connectivity index (χ0) is 26.4. The van der Waals surface area contributed by atoms with Crippen LogP contribution >= 0.6 is 0 Å². The third kappa shape index (κ3) is 4.59. The maximum atomic E-state index is 14.4. The summed E-state index contributed by atoms with van der Waals surface area (Å²) in [6.45, 7) is 5.16. The predicted molar refractivity (Wildman–Crippen MR) is 127 cm³/mol. The first-order valence-electron chi connectivity index (χ1n) is 11.0. The van der Waals surface area contributed by atoms with Gasteiger partial charge in [0, 0.05) is 48.4 Å². The van der Waals surface area contributed by atoms with E-state index in [-0.39, 0.29) is 28.0 Å². The third-order valence-corrected chi connectivity index (χ3v) is 5.57. The Kier molecular flexibility index (Phi) is 6.40. The number of hydrogen-bond acceptors (Lipinski definition) is 5. The van der Waals surface area contributed by atoms with Crippen molar-refractivity contribution in [3.63, 3.8) is 0 Å². The maximum Gasteiger partial charge on any atom is 0.293 e. The monoisotopic (exact) mass is 500 g/mol. The van der Waals surface area contributed by atoms with E-state index in [0.29, 0.717) is 29.8 Å². The second-order valence-electron chi connectivity index (χ2n) is 8.74. The van der Waals surface area contributed by atoms with Crippen molar-refractivity contribution in [3.05, 3.63) is 81.7 Å². The Hall–Kier alpha value is -4.05. The summed E-state index contributed by atoms with van der Waals surface area (Å²) in [6, 6.07) is 6.80. The molecule has 0 saturated heterocycles. The highest BCUT2D eigenvalue weighted by Gasteiger charge is 2.24. The van der Waals surface area contributed by atoms with Crippen LogP contribution in [0.1, 0.15) is 36.9 Å². The molecule has 0 fully saturated rings. The van der Waals surface area contributed by atoms with Crippen LogP contribution in [0.2, 0.25) is 0 Å². The van der Waals surface area contributed by atoms with Gasteiger partial charge in [-0.25, -0.2) is 13.2 Å². The van der Waals surface area contributed by atoms with Crippen LogP contribution in [0.5, 0.6) is 11.5 Å². The number of hydrogen-bond donors (Lipinski definition) is 2. The number of aliphatic hydroxyl groups is 1. The largest absolute Gasteiger partial charge is 0.451 e. The molecule has 7 nitrogen and oxygen atoms in total. The number of carbonyl (C=O) groups excluding carboxylic acids is 1. The smallest absolute Gasteiger partial charge is 0.293 e. The van der Waals surface area contributed by atoms with Crippen LogP contribution in [0.3, 0.4) is 0 Å². The minimum Gasteiger partial charge on any atom is -0.451 e. The van der Waals surface area contributed by atoms with Gasteiger partial charge >= 0.3 is 0 Å². The summed E-state index contributed by atoms with van der Waals surface area (Å²) in [6.07, 6.45) is 1.45. The summed E-state index contributed by atoms with van der Waals surface area (Å²) < 4.78 is 54.5. The molecule has 0 saturated carbocycles. The van der Waals surface area contributed by atoms with Crippen molar-refractivity contribution in [2.75, 3.05) is 6.54 Å². The van der Waals surface area contributed by atoms with Crippen molar-refractivity contribution in [1.29, 1.82) is 0 Å². The summed E-state index contributed by atoms with van der Waals surface area (Å²) in [5, 5.41) is 13.4. The zero-order valence-electron chi connectivity index (χ0n) is 19.9. The fourth-order valence-corrected chi connectivity index (χ4v) is 3.75. The number of halogens is 3. The van der Waals surface area contributed by atoms with Gasteiger partial charge in [0.15, 0.2) is 23.1 Å². The van der Waals surface area contributed by atoms with E-state index in [1.807, 2.05) is 0 Å². The number of aryl methyl sites for hydroxylation is 1. The number of benzene rings is 2. The van der Waals surface area contributed by atoms with Crippen molar-refractivity contribution in [2.24, 2.45) is 7.05 Å². The molecule has 2 N–H and O–H groups in total. The lowest BCUT2D eigenvalue weighted by atomic mass is 9.93. The van der Waals surface area contributed by atoms with E-state index in [0.717, 1.165) is 0 Å². The second-order valence-corrected chi connectivity index (χ2v) is 8.74. The molecular formula is C26H23F3N2O5. The van der Waals surface area contributed by atoms with Crippen molar-refractivity contribution in [1.82, 2.24) is 9.88 Å². The van der Waals surface area contributed by atoms with Gasteiger partial charge in [0.25, 0.3) is 11.5 Å². The molecule has 0 aliphatic rings. The van der Waals surface area contributed by atoms with E-state index >= 15 is 0 Å². The van der Waals surface area contributed by atoms with Gasteiger partial charge in [-0.2, -0.15) is 0 Å². The van der Waals surface area contributed by atoms with Gasteiger partial charge in [-0.1, -0.05) is 6.07 Å². The van der Waals surface area contributed by atoms with Crippen LogP contribution in [-0.4, -0.2) is 22.1 Å². The van der Waals surface area contributed by atoms with Gasteiger partial charge in [0.1, 0.15) is 11.6 Å². The lowest BCUT2D eigenvalue weighted by molar-refractivity contribution is 0.0786. The highest BCUT2D eigenvalue weighted by molar-refractivity contribution is 6.01. The molecule has 1 amide bonds. The van der Waals surface area contributed by atoms with Crippen molar-refractivity contribution in [3.8, 4) is 22.6 Å². The van der Waals surface area contributed by atoms with Gasteiger partial charge in [-0.3, -0.25) is 9.59 Å². The Bertz CT molecular complexity index is 1530. The standard InChI is InChI=1S/C26H23F3N2O5/c1-5-30-24(32)21-11-16-17(12-31(4)25(33)22(16)36-21)15-8-13(26(2,3)34)6-7-20(15)35-23-18(28)9-14(27)10-19(23)29/h6-12,34H,5H2,1-4H3,(H,30,32). The SMILES string of the molecule is CCNC(=O)c1cc2c(-c3cc(C(C)(C)O)ccc3Oc3c(F)cc(F)cc3F)cn(C)c(=O)c2o1. The molecule has 0 radical (unpaired) electrons. The number of ether oxygens (including phenoxy) is 1. The minimum absolute atomic E-state index is 0.0480. The molecule has 188 valence electrons. The van der Waals surface area contributed by atoms with Gasteiger partial charge in [0.05, 0.1) is 5.60 Å². The highest BCUT2D eigenvalue weighted by Crippen LogP contribution is 2.40. The second kappa shape index (κ2) is 9.19. The molecule has 0 aliphatic carbocycles. The molecule has 2 aromatic carbocycles. The predicted octanol–water partition coefficient (Wildman–Crippen LogP) is 4.99. The summed E-state index contributed by atoms with van der Waals surface area (Å²) in [4.78, 5) is 25.1. The van der Waals surface area contributed by atoms with Gasteiger partial charge in [-0.15, -0.1) is 0 Å². The molecule has 0 unspecified atom stereocenters. The molecule has 0 atom stereocenters. The number of pyridine rings is 1. The maximum absolute atomic E-state index is 14.4. The number of carbonyl (C=O) groups is 1. The van der Waals surface area contributed by atoms with Crippen LogP contribution in [0.4, 0.5) is 13.2 Å². The highest BCUT2D eigenvalue weighted by atomic mass is 19.1. The van der Waals surface area contributed by atoms with E-state index < -0.39 is 40.3 Å². The number of nitrogens with zero attached hydrogens (tertiary/aromatic N) is 1. The number of amides is 1. The van der Waals surface area contributed by atoms with E-state index in [1.54, 1.807) is 20.8 Å². The van der Waals surface area contributed by atoms with E-state index in [4.69, 9.17) is 9.15 Å². The molecule has 36 heavy (non-hydrogen) atoms. The minimum atomic E-state index is -1.30. The average Bonchev–Trinajstić information content (AvgIpc) is 3.24. The Morgan fingerprint density at radius 2 is 1.78 bits per heavy atom. The molecule has 2 aromatic heterocycles. The Labute approximate surface area is 203 Å². The first-order valence-corrected chi connectivity index (χ1v) is 11.0. The Morgan fingerprint density at radius 3 is 2.39 bits per heavy atom. The quantitative estimate of drug-likeness (QED) is 0.389. The van der Waals surface area contributed by atoms with Crippen LogP contribution in [0, 0.1) is 17.5 Å². The number of furan rings is 1. The summed E-state index contributed by atoms with van der Waals surface area (Å²) >= 11 is 0. The van der Waals surface area contributed by atoms with Crippen LogP contribution < -0.4 is 15.6 Å². The summed E-state index contributed by atoms with van der Waals surface area (Å²) in [5.41, 5.74) is -0.936. The molecule has 0 bridgehead atoms. The Morgan fingerprint density at radius 1 is 1.11 bits per heavy atom. The molecule has 4 rings (SSSR count). The zero-order valence-corrected chi connectivity index (χ0v) is 19.9. The van der Waals surface area contributed by atoms with Crippen LogP contribution in [-0.2, 0) is 12.6 Å². The lowest BCUT2D eigenvalue weighted by Gasteiger charge is -2.21.